The zero-order valence-electron chi connectivity index (χ0n) is 28.2. The summed E-state index contributed by atoms with van der Waals surface area (Å²) in [5, 5.41) is 18.2. The highest BCUT2D eigenvalue weighted by Crippen LogP contribution is 2.43. The third-order valence-electron chi connectivity index (χ3n) is 6.14. The summed E-state index contributed by atoms with van der Waals surface area (Å²) in [5.41, 5.74) is 0. The van der Waals surface area contributed by atoms with Crippen LogP contribution in [0.3, 0.4) is 0 Å². The Hall–Kier alpha value is -2.85. The van der Waals surface area contributed by atoms with Gasteiger partial charge >= 0.3 is 19.8 Å². The molecule has 0 saturated heterocycles. The molecule has 0 spiro atoms. The number of hydrogen-bond donors (Lipinski definition) is 3. The SMILES string of the molecule is CC/C=C/C=C/C=C/C=C/CCCCCC(=O)OC(COC(=O)CCC/C=C/C/C=C/C/C=C/CC)COP(=O)(O)OC[C@@H](O)CO. The maximum atomic E-state index is 12.5. The lowest BCUT2D eigenvalue weighted by molar-refractivity contribution is -0.161. The number of hydrogen-bond acceptors (Lipinski definition) is 9. The number of aliphatic hydroxyl groups excluding tert-OH is 2. The molecule has 3 atom stereocenters. The molecule has 0 bridgehead atoms. The molecule has 0 radical (unpaired) electrons. The summed E-state index contributed by atoms with van der Waals surface area (Å²) in [5.74, 6) is -1.05. The molecule has 0 aromatic heterocycles. The minimum atomic E-state index is -4.63. The second-order valence-corrected chi connectivity index (χ2v) is 12.0. The van der Waals surface area contributed by atoms with Crippen LogP contribution >= 0.6 is 7.82 Å². The van der Waals surface area contributed by atoms with Gasteiger partial charge in [0.15, 0.2) is 6.10 Å². The first-order valence-electron chi connectivity index (χ1n) is 16.6. The van der Waals surface area contributed by atoms with Crippen molar-refractivity contribution < 1.29 is 47.8 Å². The van der Waals surface area contributed by atoms with Gasteiger partial charge in [0.1, 0.15) is 12.7 Å². The number of rotatable bonds is 29. The molecule has 3 N–H and O–H groups in total. The average Bonchev–Trinajstić information content (AvgIpc) is 3.05. The number of aliphatic hydroxyl groups is 2. The van der Waals surface area contributed by atoms with Crippen LogP contribution in [0.1, 0.15) is 90.9 Å². The summed E-state index contributed by atoms with van der Waals surface area (Å²) < 4.78 is 32.3. The van der Waals surface area contributed by atoms with Crippen LogP contribution in [0, 0.1) is 0 Å². The van der Waals surface area contributed by atoms with E-state index in [1.165, 1.54) is 0 Å². The minimum Gasteiger partial charge on any atom is -0.462 e. The fraction of sp³-hybridized carbons (Fsp3) is 0.556. The first kappa shape index (κ1) is 44.1. The number of ether oxygens (including phenoxy) is 2. The lowest BCUT2D eigenvalue weighted by atomic mass is 10.1. The van der Waals surface area contributed by atoms with E-state index in [1.807, 2.05) is 48.6 Å². The lowest BCUT2D eigenvalue weighted by Crippen LogP contribution is -2.29. The summed E-state index contributed by atoms with van der Waals surface area (Å²) >= 11 is 0. The number of phosphoric acid groups is 1. The highest BCUT2D eigenvalue weighted by atomic mass is 31.2. The van der Waals surface area contributed by atoms with Crippen molar-refractivity contribution in [2.75, 3.05) is 26.4 Å². The van der Waals surface area contributed by atoms with Crippen LogP contribution in [0.2, 0.25) is 0 Å². The van der Waals surface area contributed by atoms with Crippen molar-refractivity contribution in [2.24, 2.45) is 0 Å². The van der Waals surface area contributed by atoms with E-state index in [2.05, 4.69) is 54.8 Å². The van der Waals surface area contributed by atoms with Crippen LogP contribution in [-0.2, 0) is 32.7 Å². The molecule has 0 aliphatic rings. The third-order valence-corrected chi connectivity index (χ3v) is 7.09. The van der Waals surface area contributed by atoms with Crippen LogP contribution in [0.15, 0.2) is 85.1 Å². The minimum absolute atomic E-state index is 0.122. The van der Waals surface area contributed by atoms with E-state index in [4.69, 9.17) is 19.1 Å². The Balaban J connectivity index is 4.63. The summed E-state index contributed by atoms with van der Waals surface area (Å²) in [4.78, 5) is 34.6. The molecule has 0 aliphatic heterocycles. The van der Waals surface area contributed by atoms with Gasteiger partial charge in [-0.2, -0.15) is 0 Å². The van der Waals surface area contributed by atoms with Gasteiger partial charge in [-0.3, -0.25) is 18.6 Å². The number of carbonyl (C=O) groups excluding carboxylic acids is 2. The van der Waals surface area contributed by atoms with Gasteiger partial charge in [0.25, 0.3) is 0 Å². The van der Waals surface area contributed by atoms with Crippen molar-refractivity contribution in [1.29, 1.82) is 0 Å². The summed E-state index contributed by atoms with van der Waals surface area (Å²) in [6.45, 7) is 1.94. The van der Waals surface area contributed by atoms with E-state index in [-0.39, 0.29) is 19.4 Å². The maximum absolute atomic E-state index is 12.5. The van der Waals surface area contributed by atoms with Crippen LogP contribution in [0.4, 0.5) is 0 Å². The molecule has 0 heterocycles. The molecule has 10 nitrogen and oxygen atoms in total. The van der Waals surface area contributed by atoms with Crippen LogP contribution in [0.25, 0.3) is 0 Å². The Bertz CT molecular complexity index is 1060. The fourth-order valence-corrected chi connectivity index (χ4v) is 4.40. The Morgan fingerprint density at radius 2 is 1.23 bits per heavy atom. The van der Waals surface area contributed by atoms with Gasteiger partial charge in [-0.25, -0.2) is 4.57 Å². The first-order valence-corrected chi connectivity index (χ1v) is 18.1. The van der Waals surface area contributed by atoms with E-state index in [0.29, 0.717) is 19.3 Å². The van der Waals surface area contributed by atoms with Crippen LogP contribution in [-0.4, -0.2) is 65.7 Å². The van der Waals surface area contributed by atoms with E-state index < -0.39 is 51.8 Å². The number of esters is 2. The molecule has 0 aromatic rings. The van der Waals surface area contributed by atoms with E-state index in [1.54, 1.807) is 0 Å². The second-order valence-electron chi connectivity index (χ2n) is 10.5. The number of carbonyl (C=O) groups is 2. The Morgan fingerprint density at radius 1 is 0.660 bits per heavy atom. The Kier molecular flexibility index (Phi) is 29.8. The average molecular weight is 681 g/mol. The standard InChI is InChI=1S/C36H57O10P/c1-3-5-7-9-11-13-15-16-18-20-22-24-26-28-36(40)46-34(32-45-47(41,42)44-30-33(38)29-37)31-43-35(39)27-25-23-21-19-17-14-12-10-8-6-4-2/h5-9,11-16,18-19,21,33-34,37-38H,3-4,10,17,20,22-32H2,1-2H3,(H,41,42)/b7-5+,8-6+,11-9+,14-12+,15-13+,18-16+,21-19+/t33-,34?/m0/s1. The monoisotopic (exact) mass is 680 g/mol. The molecule has 266 valence electrons. The molecule has 0 rings (SSSR count). The molecule has 0 aliphatic carbocycles. The largest absolute Gasteiger partial charge is 0.472 e. The predicted molar refractivity (Wildman–Crippen MR) is 186 cm³/mol. The number of unbranched alkanes of at least 4 members (excludes halogenated alkanes) is 4. The highest BCUT2D eigenvalue weighted by Gasteiger charge is 2.27. The summed E-state index contributed by atoms with van der Waals surface area (Å²) in [7, 11) is -4.63. The fourth-order valence-electron chi connectivity index (χ4n) is 3.61. The van der Waals surface area contributed by atoms with Crippen LogP contribution < -0.4 is 0 Å². The van der Waals surface area contributed by atoms with Gasteiger partial charge in [0.05, 0.1) is 19.8 Å². The van der Waals surface area contributed by atoms with Crippen molar-refractivity contribution >= 4 is 19.8 Å². The normalized spacial score (nSPS) is 15.3. The highest BCUT2D eigenvalue weighted by molar-refractivity contribution is 7.47. The Morgan fingerprint density at radius 3 is 1.91 bits per heavy atom. The van der Waals surface area contributed by atoms with Crippen molar-refractivity contribution in [3.8, 4) is 0 Å². The van der Waals surface area contributed by atoms with Crippen LogP contribution in [0.5, 0.6) is 0 Å². The van der Waals surface area contributed by atoms with Gasteiger partial charge in [-0.1, -0.05) is 105 Å². The molecule has 11 heteroatoms. The van der Waals surface area contributed by atoms with Crippen molar-refractivity contribution in [3.05, 3.63) is 85.1 Å². The lowest BCUT2D eigenvalue weighted by Gasteiger charge is -2.20. The van der Waals surface area contributed by atoms with E-state index in [9.17, 15) is 24.2 Å². The van der Waals surface area contributed by atoms with Crippen molar-refractivity contribution in [2.45, 2.75) is 103 Å². The maximum Gasteiger partial charge on any atom is 0.472 e. The molecule has 0 fully saturated rings. The zero-order valence-corrected chi connectivity index (χ0v) is 29.1. The molecule has 47 heavy (non-hydrogen) atoms. The van der Waals surface area contributed by atoms with Gasteiger partial charge < -0.3 is 24.6 Å². The van der Waals surface area contributed by atoms with Gasteiger partial charge in [-0.15, -0.1) is 0 Å². The molecule has 2 unspecified atom stereocenters. The second kappa shape index (κ2) is 31.7. The molecule has 0 aromatic carbocycles. The van der Waals surface area contributed by atoms with E-state index in [0.717, 1.165) is 44.9 Å². The predicted octanol–water partition coefficient (Wildman–Crippen LogP) is 7.54. The molecule has 0 amide bonds. The first-order chi connectivity index (χ1) is 22.7. The van der Waals surface area contributed by atoms with Gasteiger partial charge in [0, 0.05) is 12.8 Å². The summed E-state index contributed by atoms with van der Waals surface area (Å²) in [6, 6.07) is 0. The molecular formula is C36H57O10P. The molecule has 0 saturated carbocycles. The van der Waals surface area contributed by atoms with Crippen molar-refractivity contribution in [1.82, 2.24) is 0 Å². The smallest absolute Gasteiger partial charge is 0.462 e. The topological polar surface area (TPSA) is 149 Å². The van der Waals surface area contributed by atoms with Gasteiger partial charge in [0.2, 0.25) is 0 Å². The van der Waals surface area contributed by atoms with Gasteiger partial charge in [-0.05, 0) is 57.8 Å². The quantitative estimate of drug-likeness (QED) is 0.0238. The van der Waals surface area contributed by atoms with E-state index >= 15 is 0 Å². The molecular weight excluding hydrogens is 623 g/mol. The van der Waals surface area contributed by atoms with Crippen molar-refractivity contribution in [3.63, 3.8) is 0 Å². The number of phosphoric ester groups is 1. The third kappa shape index (κ3) is 31.5. The number of allylic oxidation sites excluding steroid dienone is 14. The summed E-state index contributed by atoms with van der Waals surface area (Å²) in [6.07, 6.45) is 34.4. The Labute approximate surface area is 281 Å². The zero-order chi connectivity index (χ0) is 34.9.